The molecule has 2 rings (SSSR count). The van der Waals surface area contributed by atoms with E-state index in [2.05, 4.69) is 16.4 Å². The van der Waals surface area contributed by atoms with Gasteiger partial charge in [0.2, 0.25) is 0 Å². The van der Waals surface area contributed by atoms with Gasteiger partial charge in [-0.15, -0.1) is 0 Å². The van der Waals surface area contributed by atoms with Crippen LogP contribution in [-0.4, -0.2) is 30.9 Å². The van der Waals surface area contributed by atoms with Crippen LogP contribution in [0.3, 0.4) is 0 Å². The SMILES string of the molecule is Cc1ccc2nc(NCC(C)(C)S(C)(=O)=O)sc2c1. The topological polar surface area (TPSA) is 59.1 Å². The first-order valence-corrected chi connectivity index (χ1v) is 8.70. The number of benzene rings is 1. The van der Waals surface area contributed by atoms with Crippen molar-refractivity contribution in [1.82, 2.24) is 4.98 Å². The van der Waals surface area contributed by atoms with Gasteiger partial charge in [0.1, 0.15) is 0 Å². The molecule has 0 saturated carbocycles. The fraction of sp³-hybridized carbons (Fsp3) is 0.462. The lowest BCUT2D eigenvalue weighted by Gasteiger charge is -2.22. The average Bonchev–Trinajstić information content (AvgIpc) is 2.67. The van der Waals surface area contributed by atoms with E-state index < -0.39 is 14.6 Å². The van der Waals surface area contributed by atoms with Gasteiger partial charge < -0.3 is 5.32 Å². The standard InChI is InChI=1S/C13H18N2O2S2/c1-9-5-6-10-11(7-9)18-12(15-10)14-8-13(2,3)19(4,16)17/h5-7H,8H2,1-4H3,(H,14,15). The summed E-state index contributed by atoms with van der Waals surface area (Å²) in [5, 5.41) is 3.89. The van der Waals surface area contributed by atoms with Crippen molar-refractivity contribution in [3.8, 4) is 0 Å². The smallest absolute Gasteiger partial charge is 0.183 e. The first-order valence-electron chi connectivity index (χ1n) is 6.00. The van der Waals surface area contributed by atoms with Crippen molar-refractivity contribution in [1.29, 1.82) is 0 Å². The Hall–Kier alpha value is -1.14. The first-order chi connectivity index (χ1) is 8.69. The summed E-state index contributed by atoms with van der Waals surface area (Å²) in [4.78, 5) is 4.45. The summed E-state index contributed by atoms with van der Waals surface area (Å²) in [7, 11) is -3.09. The Morgan fingerprint density at radius 2 is 2.05 bits per heavy atom. The molecule has 1 aromatic heterocycles. The molecule has 0 spiro atoms. The van der Waals surface area contributed by atoms with E-state index in [1.165, 1.54) is 11.8 Å². The lowest BCUT2D eigenvalue weighted by molar-refractivity contribution is 0.560. The molecule has 0 saturated heterocycles. The Morgan fingerprint density at radius 3 is 2.68 bits per heavy atom. The molecule has 0 fully saturated rings. The van der Waals surface area contributed by atoms with E-state index in [0.717, 1.165) is 15.3 Å². The Labute approximate surface area is 117 Å². The maximum atomic E-state index is 11.6. The molecule has 0 aliphatic heterocycles. The predicted octanol–water partition coefficient (Wildman–Crippen LogP) is 2.84. The molecule has 4 nitrogen and oxygen atoms in total. The van der Waals surface area contributed by atoms with Crippen LogP contribution in [0.2, 0.25) is 0 Å². The van der Waals surface area contributed by atoms with E-state index in [1.54, 1.807) is 25.2 Å². The van der Waals surface area contributed by atoms with E-state index in [0.29, 0.717) is 6.54 Å². The van der Waals surface area contributed by atoms with Crippen LogP contribution >= 0.6 is 11.3 Å². The molecule has 0 aliphatic carbocycles. The number of sulfone groups is 1. The highest BCUT2D eigenvalue weighted by Gasteiger charge is 2.30. The van der Waals surface area contributed by atoms with E-state index >= 15 is 0 Å². The molecule has 6 heteroatoms. The molecule has 2 aromatic rings. The second-order valence-electron chi connectivity index (χ2n) is 5.38. The van der Waals surface area contributed by atoms with E-state index in [9.17, 15) is 8.42 Å². The number of thiazole rings is 1. The molecule has 1 N–H and O–H groups in total. The lowest BCUT2D eigenvalue weighted by atomic mass is 10.2. The van der Waals surface area contributed by atoms with Crippen molar-refractivity contribution in [2.24, 2.45) is 0 Å². The van der Waals surface area contributed by atoms with Crippen LogP contribution < -0.4 is 5.32 Å². The van der Waals surface area contributed by atoms with E-state index in [4.69, 9.17) is 0 Å². The third kappa shape index (κ3) is 3.06. The molecule has 19 heavy (non-hydrogen) atoms. The van der Waals surface area contributed by atoms with Crippen LogP contribution in [0.25, 0.3) is 10.2 Å². The van der Waals surface area contributed by atoms with Crippen molar-refractivity contribution in [2.45, 2.75) is 25.5 Å². The molecular weight excluding hydrogens is 280 g/mol. The minimum Gasteiger partial charge on any atom is -0.360 e. The maximum absolute atomic E-state index is 11.6. The van der Waals surface area contributed by atoms with Crippen molar-refractivity contribution < 1.29 is 8.42 Å². The minimum absolute atomic E-state index is 0.352. The van der Waals surface area contributed by atoms with Gasteiger partial charge in [0, 0.05) is 12.8 Å². The van der Waals surface area contributed by atoms with Gasteiger partial charge in [-0.3, -0.25) is 0 Å². The van der Waals surface area contributed by atoms with Gasteiger partial charge in [-0.05, 0) is 38.5 Å². The number of aromatic nitrogens is 1. The highest BCUT2D eigenvalue weighted by Crippen LogP contribution is 2.27. The molecule has 1 heterocycles. The van der Waals surface area contributed by atoms with Crippen molar-refractivity contribution >= 4 is 36.5 Å². The quantitative estimate of drug-likeness (QED) is 0.943. The maximum Gasteiger partial charge on any atom is 0.183 e. The molecule has 0 unspecified atom stereocenters. The van der Waals surface area contributed by atoms with Crippen LogP contribution in [-0.2, 0) is 9.84 Å². The zero-order chi connectivity index (χ0) is 14.3. The summed E-state index contributed by atoms with van der Waals surface area (Å²) in [6.07, 6.45) is 1.26. The molecule has 0 atom stereocenters. The fourth-order valence-electron chi connectivity index (χ4n) is 1.53. The third-order valence-corrected chi connectivity index (χ3v) is 6.34. The number of fused-ring (bicyclic) bond motifs is 1. The molecule has 0 radical (unpaired) electrons. The van der Waals surface area contributed by atoms with Gasteiger partial charge in [-0.1, -0.05) is 17.4 Å². The van der Waals surface area contributed by atoms with E-state index in [-0.39, 0.29) is 0 Å². The Bertz CT molecular complexity index is 703. The number of aryl methyl sites for hydroxylation is 1. The van der Waals surface area contributed by atoms with Gasteiger partial charge in [0.15, 0.2) is 15.0 Å². The monoisotopic (exact) mass is 298 g/mol. The number of anilines is 1. The summed E-state index contributed by atoms with van der Waals surface area (Å²) in [6.45, 7) is 5.82. The third-order valence-electron chi connectivity index (χ3n) is 3.21. The molecule has 0 amide bonds. The predicted molar refractivity (Wildman–Crippen MR) is 81.8 cm³/mol. The lowest BCUT2D eigenvalue weighted by Crippen LogP contribution is -2.38. The van der Waals surface area contributed by atoms with Gasteiger partial charge in [-0.2, -0.15) is 0 Å². The van der Waals surface area contributed by atoms with Crippen LogP contribution in [0.4, 0.5) is 5.13 Å². The van der Waals surface area contributed by atoms with Crippen molar-refractivity contribution in [3.63, 3.8) is 0 Å². The van der Waals surface area contributed by atoms with Crippen LogP contribution in [0.15, 0.2) is 18.2 Å². The second-order valence-corrected chi connectivity index (χ2v) is 9.06. The second kappa shape index (κ2) is 4.76. The number of nitrogens with one attached hydrogen (secondary N) is 1. The number of hydrogen-bond acceptors (Lipinski definition) is 5. The Kier molecular flexibility index (Phi) is 3.57. The zero-order valence-corrected chi connectivity index (χ0v) is 13.2. The summed E-state index contributed by atoms with van der Waals surface area (Å²) in [5.41, 5.74) is 2.13. The van der Waals surface area contributed by atoms with Crippen LogP contribution in [0.1, 0.15) is 19.4 Å². The molecule has 0 aliphatic rings. The highest BCUT2D eigenvalue weighted by molar-refractivity contribution is 7.92. The number of nitrogens with zero attached hydrogens (tertiary/aromatic N) is 1. The average molecular weight is 298 g/mol. The van der Waals surface area contributed by atoms with Crippen molar-refractivity contribution in [2.75, 3.05) is 18.1 Å². The van der Waals surface area contributed by atoms with Crippen LogP contribution in [0, 0.1) is 6.92 Å². The summed E-state index contributed by atoms with van der Waals surface area (Å²) in [5.74, 6) is 0. The summed E-state index contributed by atoms with van der Waals surface area (Å²) < 4.78 is 23.6. The number of hydrogen-bond donors (Lipinski definition) is 1. The van der Waals surface area contributed by atoms with Gasteiger partial charge >= 0.3 is 0 Å². The molecule has 1 aromatic carbocycles. The molecular formula is C13H18N2O2S2. The fourth-order valence-corrected chi connectivity index (χ4v) is 2.82. The van der Waals surface area contributed by atoms with Gasteiger partial charge in [0.25, 0.3) is 0 Å². The van der Waals surface area contributed by atoms with Crippen molar-refractivity contribution in [3.05, 3.63) is 23.8 Å². The Morgan fingerprint density at radius 1 is 1.37 bits per heavy atom. The molecule has 104 valence electrons. The molecule has 0 bridgehead atoms. The van der Waals surface area contributed by atoms with Gasteiger partial charge in [0.05, 0.1) is 15.0 Å². The first kappa shape index (κ1) is 14.3. The Balaban J connectivity index is 2.19. The summed E-state index contributed by atoms with van der Waals surface area (Å²) >= 11 is 1.55. The highest BCUT2D eigenvalue weighted by atomic mass is 32.2. The zero-order valence-electron chi connectivity index (χ0n) is 11.5. The summed E-state index contributed by atoms with van der Waals surface area (Å²) in [6, 6.07) is 6.08. The van der Waals surface area contributed by atoms with Gasteiger partial charge in [-0.25, -0.2) is 13.4 Å². The minimum atomic E-state index is -3.09. The number of rotatable bonds is 4. The van der Waals surface area contributed by atoms with Crippen LogP contribution in [0.5, 0.6) is 0 Å². The van der Waals surface area contributed by atoms with E-state index in [1.807, 2.05) is 19.1 Å². The normalized spacial score (nSPS) is 12.8. The largest absolute Gasteiger partial charge is 0.360 e.